The average Bonchev–Trinajstić information content (AvgIpc) is 2.47. The van der Waals surface area contributed by atoms with Gasteiger partial charge in [-0.1, -0.05) is 12.1 Å². The molecule has 1 fully saturated rings. The molecule has 1 atom stereocenters. The van der Waals surface area contributed by atoms with Crippen LogP contribution in [0.4, 0.5) is 0 Å². The number of nitrogens with two attached hydrogens (primary N) is 1. The van der Waals surface area contributed by atoms with E-state index in [1.54, 1.807) is 12.1 Å². The van der Waals surface area contributed by atoms with Crippen molar-refractivity contribution < 1.29 is 19.4 Å². The summed E-state index contributed by atoms with van der Waals surface area (Å²) < 4.78 is 5.18. The maximum absolute atomic E-state index is 11.2. The lowest BCUT2D eigenvalue weighted by atomic mass is 10.1. The number of hydrogen-bond donors (Lipinski definition) is 3. The van der Waals surface area contributed by atoms with E-state index in [0.717, 1.165) is 12.1 Å². The normalized spacial score (nSPS) is 19.1. The molecule has 2 rings (SSSR count). The number of aliphatic carboxylic acids is 1. The largest absolute Gasteiger partial charge is 0.484 e. The van der Waals surface area contributed by atoms with Crippen LogP contribution in [-0.2, 0) is 16.1 Å². The highest BCUT2D eigenvalue weighted by molar-refractivity contribution is 5.75. The first-order valence-electron chi connectivity index (χ1n) is 6.74. The number of primary amides is 1. The van der Waals surface area contributed by atoms with Gasteiger partial charge in [0.05, 0.1) is 0 Å². The van der Waals surface area contributed by atoms with Crippen LogP contribution in [0.3, 0.4) is 0 Å². The second kappa shape index (κ2) is 7.05. The number of carboxylic acid groups (broad SMARTS) is 1. The molecular formula is C14H19N3O4. The summed E-state index contributed by atoms with van der Waals surface area (Å²) >= 11 is 0. The number of ether oxygens (including phenoxy) is 1. The second-order valence-corrected chi connectivity index (χ2v) is 4.93. The van der Waals surface area contributed by atoms with Crippen molar-refractivity contribution in [2.24, 2.45) is 5.73 Å². The number of nitrogens with one attached hydrogen (secondary N) is 1. The molecule has 0 bridgehead atoms. The first-order chi connectivity index (χ1) is 10.1. The zero-order valence-corrected chi connectivity index (χ0v) is 11.6. The monoisotopic (exact) mass is 293 g/mol. The number of carbonyl (C=O) groups excluding carboxylic acids is 1. The number of benzene rings is 1. The van der Waals surface area contributed by atoms with Gasteiger partial charge in [0.15, 0.2) is 6.61 Å². The van der Waals surface area contributed by atoms with E-state index >= 15 is 0 Å². The van der Waals surface area contributed by atoms with Gasteiger partial charge in [0.2, 0.25) is 0 Å². The molecule has 0 aromatic heterocycles. The Morgan fingerprint density at radius 2 is 2.10 bits per heavy atom. The van der Waals surface area contributed by atoms with Gasteiger partial charge in [-0.3, -0.25) is 14.5 Å². The maximum atomic E-state index is 11.2. The summed E-state index contributed by atoms with van der Waals surface area (Å²) in [5.74, 6) is -0.777. The average molecular weight is 293 g/mol. The third-order valence-corrected chi connectivity index (χ3v) is 3.33. The fourth-order valence-electron chi connectivity index (χ4n) is 2.26. The van der Waals surface area contributed by atoms with Crippen molar-refractivity contribution in [1.29, 1.82) is 0 Å². The standard InChI is InChI=1S/C14H19N3O4/c15-13(18)9-21-11-3-1-10(2-4-11)8-17-6-5-16-7-12(17)14(19)20/h1-4,12,16H,5-9H2,(H2,15,18)(H,19,20). The summed E-state index contributed by atoms with van der Waals surface area (Å²) in [6, 6.07) is 6.70. The zero-order chi connectivity index (χ0) is 15.2. The van der Waals surface area contributed by atoms with Gasteiger partial charge in [0, 0.05) is 26.2 Å². The molecule has 0 spiro atoms. The maximum Gasteiger partial charge on any atom is 0.322 e. The molecule has 1 aliphatic heterocycles. The van der Waals surface area contributed by atoms with Gasteiger partial charge in [0.1, 0.15) is 11.8 Å². The lowest BCUT2D eigenvalue weighted by Gasteiger charge is -2.33. The van der Waals surface area contributed by atoms with Crippen LogP contribution in [0.5, 0.6) is 5.75 Å². The highest BCUT2D eigenvalue weighted by atomic mass is 16.5. The van der Waals surface area contributed by atoms with E-state index < -0.39 is 17.9 Å². The molecule has 114 valence electrons. The lowest BCUT2D eigenvalue weighted by Crippen LogP contribution is -2.54. The van der Waals surface area contributed by atoms with Crippen molar-refractivity contribution in [3.05, 3.63) is 29.8 Å². The van der Waals surface area contributed by atoms with Crippen LogP contribution in [0.25, 0.3) is 0 Å². The summed E-state index contributed by atoms with van der Waals surface area (Å²) in [6.45, 7) is 2.34. The fraction of sp³-hybridized carbons (Fsp3) is 0.429. The third kappa shape index (κ3) is 4.44. The highest BCUT2D eigenvalue weighted by Gasteiger charge is 2.27. The van der Waals surface area contributed by atoms with Crippen molar-refractivity contribution >= 4 is 11.9 Å². The Kier molecular flexibility index (Phi) is 5.13. The number of piperazine rings is 1. The van der Waals surface area contributed by atoms with Gasteiger partial charge in [-0.15, -0.1) is 0 Å². The Balaban J connectivity index is 1.95. The first kappa shape index (κ1) is 15.3. The molecule has 1 aromatic rings. The van der Waals surface area contributed by atoms with Crippen LogP contribution in [0, 0.1) is 0 Å². The Hall–Kier alpha value is -2.12. The van der Waals surface area contributed by atoms with E-state index in [9.17, 15) is 14.7 Å². The number of rotatable bonds is 6. The topological polar surface area (TPSA) is 105 Å². The van der Waals surface area contributed by atoms with Gasteiger partial charge >= 0.3 is 5.97 Å². The van der Waals surface area contributed by atoms with Crippen molar-refractivity contribution in [2.75, 3.05) is 26.2 Å². The van der Waals surface area contributed by atoms with Gasteiger partial charge in [-0.25, -0.2) is 0 Å². The van der Waals surface area contributed by atoms with Gasteiger partial charge in [0.25, 0.3) is 5.91 Å². The summed E-state index contributed by atoms with van der Waals surface area (Å²) in [5.41, 5.74) is 6.00. The van der Waals surface area contributed by atoms with Crippen LogP contribution >= 0.6 is 0 Å². The molecule has 0 radical (unpaired) electrons. The summed E-state index contributed by atoms with van der Waals surface area (Å²) in [4.78, 5) is 23.8. The molecule has 1 unspecified atom stereocenters. The van der Waals surface area contributed by atoms with Crippen molar-refractivity contribution in [3.63, 3.8) is 0 Å². The van der Waals surface area contributed by atoms with Crippen molar-refractivity contribution in [3.8, 4) is 5.75 Å². The van der Waals surface area contributed by atoms with E-state index in [0.29, 0.717) is 25.4 Å². The van der Waals surface area contributed by atoms with Crippen molar-refractivity contribution in [2.45, 2.75) is 12.6 Å². The van der Waals surface area contributed by atoms with Crippen molar-refractivity contribution in [1.82, 2.24) is 10.2 Å². The molecule has 4 N–H and O–H groups in total. The minimum absolute atomic E-state index is 0.155. The lowest BCUT2D eigenvalue weighted by molar-refractivity contribution is -0.144. The predicted octanol–water partition coefficient (Wildman–Crippen LogP) is -0.591. The van der Waals surface area contributed by atoms with Gasteiger partial charge < -0.3 is 20.9 Å². The zero-order valence-electron chi connectivity index (χ0n) is 11.6. The molecule has 7 nitrogen and oxygen atoms in total. The highest BCUT2D eigenvalue weighted by Crippen LogP contribution is 2.15. The third-order valence-electron chi connectivity index (χ3n) is 3.33. The molecular weight excluding hydrogens is 274 g/mol. The molecule has 21 heavy (non-hydrogen) atoms. The van der Waals surface area contributed by atoms with Crippen LogP contribution in [0.2, 0.25) is 0 Å². The minimum Gasteiger partial charge on any atom is -0.484 e. The predicted molar refractivity (Wildman–Crippen MR) is 75.8 cm³/mol. The molecule has 1 heterocycles. The smallest absolute Gasteiger partial charge is 0.322 e. The minimum atomic E-state index is -0.816. The Morgan fingerprint density at radius 1 is 1.38 bits per heavy atom. The molecule has 0 aliphatic carbocycles. The van der Waals surface area contributed by atoms with E-state index in [2.05, 4.69) is 5.32 Å². The molecule has 7 heteroatoms. The SMILES string of the molecule is NC(=O)COc1ccc(CN2CCNCC2C(=O)O)cc1. The van der Waals surface area contributed by atoms with Crippen LogP contribution in [0.15, 0.2) is 24.3 Å². The van der Waals surface area contributed by atoms with Gasteiger partial charge in [-0.05, 0) is 17.7 Å². The van der Waals surface area contributed by atoms with Crippen LogP contribution in [0.1, 0.15) is 5.56 Å². The molecule has 1 amide bonds. The molecule has 0 saturated carbocycles. The summed E-state index contributed by atoms with van der Waals surface area (Å²) in [7, 11) is 0. The summed E-state index contributed by atoms with van der Waals surface area (Å²) in [5, 5.41) is 12.3. The molecule has 1 saturated heterocycles. The number of hydrogen-bond acceptors (Lipinski definition) is 5. The Bertz CT molecular complexity index is 503. The molecule has 1 aromatic carbocycles. The molecule has 1 aliphatic rings. The second-order valence-electron chi connectivity index (χ2n) is 4.93. The number of carboxylic acids is 1. The number of amides is 1. The fourth-order valence-corrected chi connectivity index (χ4v) is 2.26. The van der Waals surface area contributed by atoms with Crippen LogP contribution < -0.4 is 15.8 Å². The van der Waals surface area contributed by atoms with Gasteiger partial charge in [-0.2, -0.15) is 0 Å². The van der Waals surface area contributed by atoms with E-state index in [4.69, 9.17) is 10.5 Å². The number of carbonyl (C=O) groups is 2. The Labute approximate surface area is 122 Å². The van der Waals surface area contributed by atoms with E-state index in [1.165, 1.54) is 0 Å². The summed E-state index contributed by atoms with van der Waals surface area (Å²) in [6.07, 6.45) is 0. The number of nitrogens with zero attached hydrogens (tertiary/aromatic N) is 1. The van der Waals surface area contributed by atoms with E-state index in [1.807, 2.05) is 17.0 Å². The first-order valence-corrected chi connectivity index (χ1v) is 6.74. The Morgan fingerprint density at radius 3 is 2.71 bits per heavy atom. The van der Waals surface area contributed by atoms with Crippen LogP contribution in [-0.4, -0.2) is 54.2 Å². The quantitative estimate of drug-likeness (QED) is 0.647. The van der Waals surface area contributed by atoms with E-state index in [-0.39, 0.29) is 6.61 Å².